The molecule has 0 saturated heterocycles. The molecule has 0 aliphatic heterocycles. The molecule has 2 heteroatoms. The Morgan fingerprint density at radius 2 is 2.00 bits per heavy atom. The molecule has 0 fully saturated rings. The Hall–Kier alpha value is -1.28. The lowest BCUT2D eigenvalue weighted by Gasteiger charge is -2.20. The molecule has 0 saturated carbocycles. The number of rotatable bonds is 5. The monoisotopic (exact) mass is 247 g/mol. The number of benzene rings is 1. The Bertz CT molecular complexity index is 398. The Morgan fingerprint density at radius 1 is 1.28 bits per heavy atom. The molecule has 0 atom stereocenters. The third kappa shape index (κ3) is 6.45. The molecule has 0 spiro atoms. The zero-order valence-electron chi connectivity index (χ0n) is 12.2. The zero-order valence-corrected chi connectivity index (χ0v) is 12.2. The smallest absolute Gasteiger partial charge is 0.120 e. The van der Waals surface area contributed by atoms with Crippen LogP contribution in [0.3, 0.4) is 0 Å². The molecule has 0 aliphatic rings. The van der Waals surface area contributed by atoms with Crippen LogP contribution in [0.15, 0.2) is 35.9 Å². The predicted molar refractivity (Wildman–Crippen MR) is 78.0 cm³/mol. The molecule has 0 unspecified atom stereocenters. The summed E-state index contributed by atoms with van der Waals surface area (Å²) < 4.78 is 5.69. The normalized spacial score (nSPS) is 11.2. The second-order valence-electron chi connectivity index (χ2n) is 5.84. The SMILES string of the molecule is CC(C)=CCOc1cccc(CNC(C)(C)C)c1. The number of allylic oxidation sites excluding steroid dienone is 1. The predicted octanol–water partition coefficient (Wildman–Crippen LogP) is 3.92. The highest BCUT2D eigenvalue weighted by Gasteiger charge is 2.08. The Morgan fingerprint density at radius 3 is 2.61 bits per heavy atom. The first-order chi connectivity index (χ1) is 8.37. The maximum atomic E-state index is 5.69. The van der Waals surface area contributed by atoms with Crippen molar-refractivity contribution < 1.29 is 4.74 Å². The summed E-state index contributed by atoms with van der Waals surface area (Å²) >= 11 is 0. The summed E-state index contributed by atoms with van der Waals surface area (Å²) in [6, 6.07) is 8.25. The molecule has 2 nitrogen and oxygen atoms in total. The van der Waals surface area contributed by atoms with Gasteiger partial charge in [-0.3, -0.25) is 0 Å². The maximum absolute atomic E-state index is 5.69. The molecule has 0 radical (unpaired) electrons. The van der Waals surface area contributed by atoms with E-state index in [0.717, 1.165) is 12.3 Å². The topological polar surface area (TPSA) is 21.3 Å². The second kappa shape index (κ2) is 6.60. The largest absolute Gasteiger partial charge is 0.490 e. The lowest BCUT2D eigenvalue weighted by Crippen LogP contribution is -2.35. The summed E-state index contributed by atoms with van der Waals surface area (Å²) in [6.45, 7) is 12.2. The third-order valence-corrected chi connectivity index (χ3v) is 2.46. The molecule has 0 aromatic heterocycles. The van der Waals surface area contributed by atoms with Crippen LogP contribution in [-0.2, 0) is 6.54 Å². The van der Waals surface area contributed by atoms with E-state index in [1.54, 1.807) is 0 Å². The molecular weight excluding hydrogens is 222 g/mol. The summed E-state index contributed by atoms with van der Waals surface area (Å²) in [7, 11) is 0. The highest BCUT2D eigenvalue weighted by atomic mass is 16.5. The van der Waals surface area contributed by atoms with E-state index < -0.39 is 0 Å². The standard InChI is InChI=1S/C16H25NO/c1-13(2)9-10-18-15-8-6-7-14(11-15)12-17-16(3,4)5/h6-9,11,17H,10,12H2,1-5H3. The highest BCUT2D eigenvalue weighted by Crippen LogP contribution is 2.14. The molecule has 1 aromatic rings. The lowest BCUT2D eigenvalue weighted by atomic mass is 10.1. The van der Waals surface area contributed by atoms with Gasteiger partial charge in [-0.05, 0) is 58.4 Å². The molecule has 100 valence electrons. The first-order valence-corrected chi connectivity index (χ1v) is 6.47. The van der Waals surface area contributed by atoms with Crippen LogP contribution >= 0.6 is 0 Å². The molecule has 18 heavy (non-hydrogen) atoms. The quantitative estimate of drug-likeness (QED) is 0.796. The van der Waals surface area contributed by atoms with Crippen LogP contribution in [0.2, 0.25) is 0 Å². The maximum Gasteiger partial charge on any atom is 0.120 e. The van der Waals surface area contributed by atoms with Gasteiger partial charge in [-0.1, -0.05) is 17.7 Å². The van der Waals surface area contributed by atoms with E-state index >= 15 is 0 Å². The number of hydrogen-bond acceptors (Lipinski definition) is 2. The van der Waals surface area contributed by atoms with Gasteiger partial charge in [0.05, 0.1) is 0 Å². The average molecular weight is 247 g/mol. The number of nitrogens with one attached hydrogen (secondary N) is 1. The van der Waals surface area contributed by atoms with Crippen molar-refractivity contribution in [3.8, 4) is 5.75 Å². The van der Waals surface area contributed by atoms with E-state index in [4.69, 9.17) is 4.74 Å². The molecule has 1 N–H and O–H groups in total. The van der Waals surface area contributed by atoms with Gasteiger partial charge >= 0.3 is 0 Å². The van der Waals surface area contributed by atoms with Crippen LogP contribution in [0.25, 0.3) is 0 Å². The minimum atomic E-state index is 0.138. The average Bonchev–Trinajstić information content (AvgIpc) is 2.26. The Balaban J connectivity index is 2.54. The number of hydrogen-bond donors (Lipinski definition) is 1. The van der Waals surface area contributed by atoms with Crippen molar-refractivity contribution in [3.05, 3.63) is 41.5 Å². The van der Waals surface area contributed by atoms with Crippen molar-refractivity contribution in [1.82, 2.24) is 5.32 Å². The van der Waals surface area contributed by atoms with E-state index in [1.165, 1.54) is 11.1 Å². The zero-order chi connectivity index (χ0) is 13.6. The van der Waals surface area contributed by atoms with E-state index in [-0.39, 0.29) is 5.54 Å². The third-order valence-electron chi connectivity index (χ3n) is 2.46. The molecule has 0 heterocycles. The van der Waals surface area contributed by atoms with E-state index in [0.29, 0.717) is 6.61 Å². The van der Waals surface area contributed by atoms with Gasteiger partial charge in [0.1, 0.15) is 12.4 Å². The fourth-order valence-corrected chi connectivity index (χ4v) is 1.42. The minimum Gasteiger partial charge on any atom is -0.490 e. The van der Waals surface area contributed by atoms with Crippen LogP contribution in [0, 0.1) is 0 Å². The van der Waals surface area contributed by atoms with Crippen LogP contribution in [0.5, 0.6) is 5.75 Å². The first-order valence-electron chi connectivity index (χ1n) is 6.47. The Labute approximate surface area is 111 Å². The van der Waals surface area contributed by atoms with Crippen molar-refractivity contribution in [2.45, 2.75) is 46.7 Å². The summed E-state index contributed by atoms with van der Waals surface area (Å²) in [4.78, 5) is 0. The molecule has 1 aromatic carbocycles. The molecular formula is C16H25NO. The van der Waals surface area contributed by atoms with Crippen LogP contribution in [-0.4, -0.2) is 12.1 Å². The van der Waals surface area contributed by atoms with Crippen molar-refractivity contribution in [3.63, 3.8) is 0 Å². The van der Waals surface area contributed by atoms with Gasteiger partial charge in [0.15, 0.2) is 0 Å². The summed E-state index contributed by atoms with van der Waals surface area (Å²) in [5, 5.41) is 3.47. The molecule has 0 aliphatic carbocycles. The van der Waals surface area contributed by atoms with Gasteiger partial charge in [0.2, 0.25) is 0 Å². The summed E-state index contributed by atoms with van der Waals surface area (Å²) in [6.07, 6.45) is 2.08. The fourth-order valence-electron chi connectivity index (χ4n) is 1.42. The van der Waals surface area contributed by atoms with Gasteiger partial charge < -0.3 is 10.1 Å². The molecule has 0 amide bonds. The van der Waals surface area contributed by atoms with Gasteiger partial charge in [0.25, 0.3) is 0 Å². The van der Waals surface area contributed by atoms with Crippen LogP contribution < -0.4 is 10.1 Å². The van der Waals surface area contributed by atoms with Crippen molar-refractivity contribution in [1.29, 1.82) is 0 Å². The minimum absolute atomic E-state index is 0.138. The van der Waals surface area contributed by atoms with Crippen LogP contribution in [0.1, 0.15) is 40.2 Å². The van der Waals surface area contributed by atoms with E-state index in [9.17, 15) is 0 Å². The van der Waals surface area contributed by atoms with E-state index in [2.05, 4.69) is 58.1 Å². The van der Waals surface area contributed by atoms with Gasteiger partial charge in [-0.15, -0.1) is 0 Å². The lowest BCUT2D eigenvalue weighted by molar-refractivity contribution is 0.361. The second-order valence-corrected chi connectivity index (χ2v) is 5.84. The Kier molecular flexibility index (Phi) is 5.42. The van der Waals surface area contributed by atoms with Gasteiger partial charge in [-0.25, -0.2) is 0 Å². The summed E-state index contributed by atoms with van der Waals surface area (Å²) in [5.41, 5.74) is 2.67. The molecule has 1 rings (SSSR count). The van der Waals surface area contributed by atoms with Gasteiger partial charge in [0, 0.05) is 12.1 Å². The fraction of sp³-hybridized carbons (Fsp3) is 0.500. The highest BCUT2D eigenvalue weighted by molar-refractivity contribution is 5.28. The molecule has 0 bridgehead atoms. The van der Waals surface area contributed by atoms with Crippen molar-refractivity contribution in [2.24, 2.45) is 0 Å². The van der Waals surface area contributed by atoms with Crippen LogP contribution in [0.4, 0.5) is 0 Å². The number of ether oxygens (including phenoxy) is 1. The van der Waals surface area contributed by atoms with E-state index in [1.807, 2.05) is 12.1 Å². The van der Waals surface area contributed by atoms with Crippen molar-refractivity contribution >= 4 is 0 Å². The summed E-state index contributed by atoms with van der Waals surface area (Å²) in [5.74, 6) is 0.931. The van der Waals surface area contributed by atoms with Gasteiger partial charge in [-0.2, -0.15) is 0 Å². The van der Waals surface area contributed by atoms with Crippen molar-refractivity contribution in [2.75, 3.05) is 6.61 Å². The first kappa shape index (κ1) is 14.8.